The zero-order valence-electron chi connectivity index (χ0n) is 20.3. The number of nitrogens with zero attached hydrogens (tertiary/aromatic N) is 6. The Morgan fingerprint density at radius 3 is 2.60 bits per heavy atom. The number of carbonyl (C=O) groups is 2. The molecule has 0 bridgehead atoms. The topological polar surface area (TPSA) is 123 Å². The van der Waals surface area contributed by atoms with E-state index in [4.69, 9.17) is 9.47 Å². The summed E-state index contributed by atoms with van der Waals surface area (Å²) in [6.07, 6.45) is 7.36. The van der Waals surface area contributed by atoms with Crippen molar-refractivity contribution in [1.82, 2.24) is 24.8 Å². The molecule has 0 radical (unpaired) electrons. The molecule has 11 nitrogen and oxygen atoms in total. The molecular weight excluding hydrogens is 450 g/mol. The number of hydrogen-bond acceptors (Lipinski definition) is 9. The Balaban J connectivity index is 1.35. The first-order valence-electron chi connectivity index (χ1n) is 11.8. The van der Waals surface area contributed by atoms with E-state index in [0.29, 0.717) is 37.5 Å². The van der Waals surface area contributed by atoms with E-state index >= 15 is 0 Å². The van der Waals surface area contributed by atoms with Crippen molar-refractivity contribution in [2.75, 3.05) is 29.9 Å². The lowest BCUT2D eigenvalue weighted by molar-refractivity contribution is -0.127. The van der Waals surface area contributed by atoms with E-state index in [1.54, 1.807) is 34.5 Å². The third kappa shape index (κ3) is 5.67. The highest BCUT2D eigenvalue weighted by molar-refractivity contribution is 5.89. The second kappa shape index (κ2) is 10.7. The van der Waals surface area contributed by atoms with Crippen LogP contribution in [-0.4, -0.2) is 68.7 Å². The molecule has 2 saturated heterocycles. The SMILES string of the molecule is C=CC(=O)N1CCC(Oc2ncc([C@H](C)Nc3nccc(N4C(=O)OCC4C(C)C)n3)cn2)CC1. The summed E-state index contributed by atoms with van der Waals surface area (Å²) in [5, 5.41) is 3.24. The molecule has 11 heteroatoms. The van der Waals surface area contributed by atoms with Crippen LogP contribution in [0.15, 0.2) is 37.3 Å². The summed E-state index contributed by atoms with van der Waals surface area (Å²) in [4.78, 5) is 44.8. The van der Waals surface area contributed by atoms with E-state index in [-0.39, 0.29) is 30.0 Å². The summed E-state index contributed by atoms with van der Waals surface area (Å²) < 4.78 is 11.1. The molecule has 2 fully saturated rings. The maximum absolute atomic E-state index is 12.3. The Bertz CT molecular complexity index is 1050. The number of ether oxygens (including phenoxy) is 2. The van der Waals surface area contributed by atoms with Gasteiger partial charge in [-0.1, -0.05) is 20.4 Å². The van der Waals surface area contributed by atoms with Crippen LogP contribution in [0.1, 0.15) is 45.2 Å². The number of anilines is 2. The van der Waals surface area contributed by atoms with Crippen LogP contribution in [0.25, 0.3) is 0 Å². The number of piperidine rings is 1. The highest BCUT2D eigenvalue weighted by atomic mass is 16.6. The molecule has 2 atom stereocenters. The highest BCUT2D eigenvalue weighted by Crippen LogP contribution is 2.27. The molecule has 1 N–H and O–H groups in total. The van der Waals surface area contributed by atoms with E-state index < -0.39 is 6.09 Å². The predicted molar refractivity (Wildman–Crippen MR) is 129 cm³/mol. The van der Waals surface area contributed by atoms with Gasteiger partial charge in [-0.2, -0.15) is 4.98 Å². The Kier molecular flexibility index (Phi) is 7.42. The number of amides is 2. The van der Waals surface area contributed by atoms with Crippen LogP contribution in [0.5, 0.6) is 6.01 Å². The predicted octanol–water partition coefficient (Wildman–Crippen LogP) is 2.98. The van der Waals surface area contributed by atoms with Crippen molar-refractivity contribution in [2.45, 2.75) is 51.8 Å². The largest absolute Gasteiger partial charge is 0.460 e. The third-order valence-corrected chi connectivity index (χ3v) is 6.26. The molecule has 186 valence electrons. The number of aromatic nitrogens is 4. The van der Waals surface area contributed by atoms with Crippen molar-refractivity contribution in [3.63, 3.8) is 0 Å². The summed E-state index contributed by atoms with van der Waals surface area (Å²) in [5.74, 6) is 1.06. The summed E-state index contributed by atoms with van der Waals surface area (Å²) in [6.45, 7) is 11.2. The average Bonchev–Trinajstić information content (AvgIpc) is 3.26. The number of cyclic esters (lactones) is 1. The van der Waals surface area contributed by atoms with Crippen molar-refractivity contribution in [3.05, 3.63) is 42.9 Å². The molecule has 0 aliphatic carbocycles. The molecule has 1 unspecified atom stereocenters. The molecule has 2 aromatic rings. The van der Waals surface area contributed by atoms with Gasteiger partial charge in [-0.15, -0.1) is 0 Å². The number of carbonyl (C=O) groups excluding carboxylic acids is 2. The fraction of sp³-hybridized carbons (Fsp3) is 0.500. The van der Waals surface area contributed by atoms with Gasteiger partial charge in [0.05, 0.1) is 12.1 Å². The molecule has 35 heavy (non-hydrogen) atoms. The Labute approximate surface area is 204 Å². The summed E-state index contributed by atoms with van der Waals surface area (Å²) in [5.41, 5.74) is 0.832. The third-order valence-electron chi connectivity index (χ3n) is 6.26. The van der Waals surface area contributed by atoms with Gasteiger partial charge < -0.3 is 19.7 Å². The van der Waals surface area contributed by atoms with Crippen LogP contribution in [0.2, 0.25) is 0 Å². The first kappa shape index (κ1) is 24.4. The maximum atomic E-state index is 12.3. The fourth-order valence-electron chi connectivity index (χ4n) is 4.10. The molecule has 0 aromatic carbocycles. The summed E-state index contributed by atoms with van der Waals surface area (Å²) in [7, 11) is 0. The summed E-state index contributed by atoms with van der Waals surface area (Å²) >= 11 is 0. The van der Waals surface area contributed by atoms with Gasteiger partial charge in [0.15, 0.2) is 0 Å². The van der Waals surface area contributed by atoms with E-state index in [9.17, 15) is 9.59 Å². The van der Waals surface area contributed by atoms with Crippen LogP contribution in [-0.2, 0) is 9.53 Å². The van der Waals surface area contributed by atoms with Crippen LogP contribution < -0.4 is 15.0 Å². The smallest absolute Gasteiger partial charge is 0.415 e. The van der Waals surface area contributed by atoms with E-state index in [2.05, 4.69) is 31.8 Å². The van der Waals surface area contributed by atoms with Crippen molar-refractivity contribution in [2.24, 2.45) is 5.92 Å². The van der Waals surface area contributed by atoms with E-state index in [1.165, 1.54) is 6.08 Å². The Morgan fingerprint density at radius 2 is 1.94 bits per heavy atom. The zero-order valence-corrected chi connectivity index (χ0v) is 20.3. The standard InChI is InChI=1S/C24H31N7O4/c1-5-21(32)30-10-7-18(8-11-30)35-23-26-12-17(13-27-23)16(4)28-22-25-9-6-20(29-22)31-19(15(2)3)14-34-24(31)33/h5-6,9,12-13,15-16,18-19H,1,7-8,10-11,14H2,2-4H3,(H,25,28,29)/t16-,19?/m0/s1. The minimum atomic E-state index is -0.400. The van der Waals surface area contributed by atoms with Crippen LogP contribution >= 0.6 is 0 Å². The molecule has 4 heterocycles. The minimum absolute atomic E-state index is 0.0339. The normalized spacial score (nSPS) is 19.4. The second-order valence-electron chi connectivity index (χ2n) is 9.01. The van der Waals surface area contributed by atoms with Gasteiger partial charge in [0.1, 0.15) is 18.5 Å². The Morgan fingerprint density at radius 1 is 1.23 bits per heavy atom. The lowest BCUT2D eigenvalue weighted by Crippen LogP contribution is -2.41. The second-order valence-corrected chi connectivity index (χ2v) is 9.01. The number of nitrogens with one attached hydrogen (secondary N) is 1. The van der Waals surface area contributed by atoms with Gasteiger partial charge in [0.2, 0.25) is 11.9 Å². The van der Waals surface area contributed by atoms with Crippen molar-refractivity contribution in [1.29, 1.82) is 0 Å². The lowest BCUT2D eigenvalue weighted by atomic mass is 10.0. The first-order chi connectivity index (χ1) is 16.9. The van der Waals surface area contributed by atoms with Gasteiger partial charge >= 0.3 is 12.1 Å². The monoisotopic (exact) mass is 481 g/mol. The van der Waals surface area contributed by atoms with Crippen LogP contribution in [0.3, 0.4) is 0 Å². The number of rotatable bonds is 8. The van der Waals surface area contributed by atoms with E-state index in [1.807, 2.05) is 20.8 Å². The van der Waals surface area contributed by atoms with Crippen molar-refractivity contribution >= 4 is 23.8 Å². The summed E-state index contributed by atoms with van der Waals surface area (Å²) in [6, 6.07) is 1.75. The molecule has 2 aliphatic rings. The highest BCUT2D eigenvalue weighted by Gasteiger charge is 2.37. The minimum Gasteiger partial charge on any atom is -0.460 e. The van der Waals surface area contributed by atoms with Gasteiger partial charge in [-0.25, -0.2) is 19.7 Å². The number of likely N-dealkylation sites (tertiary alicyclic amines) is 1. The lowest BCUT2D eigenvalue weighted by Gasteiger charge is -2.30. The van der Waals surface area contributed by atoms with E-state index in [0.717, 1.165) is 18.4 Å². The molecule has 0 spiro atoms. The molecule has 0 saturated carbocycles. The zero-order chi connectivity index (χ0) is 24.9. The Hall–Kier alpha value is -3.76. The molecular formula is C24H31N7O4. The molecule has 2 amide bonds. The van der Waals surface area contributed by atoms with Gasteiger partial charge in [-0.3, -0.25) is 9.69 Å². The maximum Gasteiger partial charge on any atom is 0.415 e. The van der Waals surface area contributed by atoms with Crippen molar-refractivity contribution in [3.8, 4) is 6.01 Å². The van der Waals surface area contributed by atoms with Crippen LogP contribution in [0.4, 0.5) is 16.6 Å². The van der Waals surface area contributed by atoms with Gasteiger partial charge in [-0.05, 0) is 25.0 Å². The van der Waals surface area contributed by atoms with Gasteiger partial charge in [0.25, 0.3) is 0 Å². The molecule has 4 rings (SSSR count). The number of hydrogen-bond donors (Lipinski definition) is 1. The average molecular weight is 482 g/mol. The quantitative estimate of drug-likeness (QED) is 0.567. The van der Waals surface area contributed by atoms with Crippen LogP contribution in [0, 0.1) is 5.92 Å². The van der Waals surface area contributed by atoms with Gasteiger partial charge in [0, 0.05) is 50.1 Å². The van der Waals surface area contributed by atoms with Crippen molar-refractivity contribution < 1.29 is 19.1 Å². The first-order valence-corrected chi connectivity index (χ1v) is 11.8. The molecule has 2 aromatic heterocycles. The molecule has 2 aliphatic heterocycles. The fourth-order valence-corrected chi connectivity index (χ4v) is 4.10.